The zero-order valence-electron chi connectivity index (χ0n) is 10.6. The SMILES string of the molecule is CN1CC[C@H](CNC(=O)CCn2cc(Cl)cn2)C1. The van der Waals surface area contributed by atoms with E-state index >= 15 is 0 Å². The van der Waals surface area contributed by atoms with Crippen molar-refractivity contribution >= 4 is 17.5 Å². The molecule has 100 valence electrons. The molecule has 1 atom stereocenters. The highest BCUT2D eigenvalue weighted by Crippen LogP contribution is 2.12. The van der Waals surface area contributed by atoms with E-state index in [1.807, 2.05) is 0 Å². The normalized spacial score (nSPS) is 20.2. The average Bonchev–Trinajstić information content (AvgIpc) is 2.93. The Morgan fingerprint density at radius 1 is 1.67 bits per heavy atom. The minimum atomic E-state index is 0.0798. The molecule has 1 aliphatic rings. The second-order valence-corrected chi connectivity index (χ2v) is 5.33. The molecule has 1 N–H and O–H groups in total. The van der Waals surface area contributed by atoms with Gasteiger partial charge in [0.15, 0.2) is 0 Å². The van der Waals surface area contributed by atoms with E-state index in [0.29, 0.717) is 23.9 Å². The number of amides is 1. The van der Waals surface area contributed by atoms with Crippen molar-refractivity contribution in [3.63, 3.8) is 0 Å². The van der Waals surface area contributed by atoms with Crippen LogP contribution in [0.15, 0.2) is 12.4 Å². The van der Waals surface area contributed by atoms with Gasteiger partial charge in [0.05, 0.1) is 11.2 Å². The molecule has 0 spiro atoms. The molecule has 1 aromatic rings. The highest BCUT2D eigenvalue weighted by atomic mass is 35.5. The summed E-state index contributed by atoms with van der Waals surface area (Å²) in [6.45, 7) is 3.56. The predicted molar refractivity (Wildman–Crippen MR) is 70.5 cm³/mol. The summed E-state index contributed by atoms with van der Waals surface area (Å²) in [4.78, 5) is 14.0. The van der Waals surface area contributed by atoms with Crippen molar-refractivity contribution in [3.05, 3.63) is 17.4 Å². The topological polar surface area (TPSA) is 50.2 Å². The molecule has 0 radical (unpaired) electrons. The Hall–Kier alpha value is -1.07. The van der Waals surface area contributed by atoms with Crippen LogP contribution in [0.4, 0.5) is 0 Å². The van der Waals surface area contributed by atoms with Crippen LogP contribution < -0.4 is 5.32 Å². The monoisotopic (exact) mass is 270 g/mol. The summed E-state index contributed by atoms with van der Waals surface area (Å²) < 4.78 is 1.69. The maximum Gasteiger partial charge on any atom is 0.221 e. The average molecular weight is 271 g/mol. The van der Waals surface area contributed by atoms with Crippen molar-refractivity contribution < 1.29 is 4.79 Å². The minimum Gasteiger partial charge on any atom is -0.356 e. The lowest BCUT2D eigenvalue weighted by Crippen LogP contribution is -2.31. The van der Waals surface area contributed by atoms with Crippen molar-refractivity contribution in [1.82, 2.24) is 20.0 Å². The molecule has 2 heterocycles. The number of hydrogen-bond acceptors (Lipinski definition) is 3. The van der Waals surface area contributed by atoms with Crippen LogP contribution in [0.5, 0.6) is 0 Å². The van der Waals surface area contributed by atoms with Crippen molar-refractivity contribution in [3.8, 4) is 0 Å². The van der Waals surface area contributed by atoms with Crippen molar-refractivity contribution in [2.45, 2.75) is 19.4 Å². The van der Waals surface area contributed by atoms with Crippen LogP contribution in [0, 0.1) is 5.92 Å². The Labute approximate surface area is 112 Å². The van der Waals surface area contributed by atoms with Gasteiger partial charge in [-0.15, -0.1) is 0 Å². The van der Waals surface area contributed by atoms with Gasteiger partial charge in [0, 0.05) is 32.3 Å². The molecule has 6 heteroatoms. The van der Waals surface area contributed by atoms with E-state index in [0.717, 1.165) is 19.6 Å². The van der Waals surface area contributed by atoms with E-state index < -0.39 is 0 Å². The van der Waals surface area contributed by atoms with Gasteiger partial charge in [-0.05, 0) is 25.9 Å². The molecule has 18 heavy (non-hydrogen) atoms. The van der Waals surface area contributed by atoms with Gasteiger partial charge in [-0.1, -0.05) is 11.6 Å². The van der Waals surface area contributed by atoms with Crippen molar-refractivity contribution in [2.24, 2.45) is 5.92 Å². The lowest BCUT2D eigenvalue weighted by atomic mass is 10.1. The van der Waals surface area contributed by atoms with Crippen LogP contribution in [0.1, 0.15) is 12.8 Å². The van der Waals surface area contributed by atoms with E-state index in [4.69, 9.17) is 11.6 Å². The second-order valence-electron chi connectivity index (χ2n) is 4.89. The molecule has 0 aliphatic carbocycles. The van der Waals surface area contributed by atoms with Crippen LogP contribution in [0.2, 0.25) is 5.02 Å². The number of nitrogens with one attached hydrogen (secondary N) is 1. The van der Waals surface area contributed by atoms with Gasteiger partial charge in [0.2, 0.25) is 5.91 Å². The van der Waals surface area contributed by atoms with Gasteiger partial charge in [0.1, 0.15) is 0 Å². The first kappa shape index (κ1) is 13.4. The molecular formula is C12H19ClN4O. The first-order chi connectivity index (χ1) is 8.63. The fraction of sp³-hybridized carbons (Fsp3) is 0.667. The number of halogens is 1. The fourth-order valence-corrected chi connectivity index (χ4v) is 2.37. The molecular weight excluding hydrogens is 252 g/mol. The summed E-state index contributed by atoms with van der Waals surface area (Å²) in [5.41, 5.74) is 0. The van der Waals surface area contributed by atoms with Gasteiger partial charge in [-0.3, -0.25) is 9.48 Å². The summed E-state index contributed by atoms with van der Waals surface area (Å²) in [7, 11) is 2.11. The Balaban J connectivity index is 1.63. The van der Waals surface area contributed by atoms with Gasteiger partial charge >= 0.3 is 0 Å². The number of carbonyl (C=O) groups excluding carboxylic acids is 1. The van der Waals surface area contributed by atoms with Gasteiger partial charge in [-0.25, -0.2) is 0 Å². The Bertz CT molecular complexity index is 407. The van der Waals surface area contributed by atoms with Crippen molar-refractivity contribution in [1.29, 1.82) is 0 Å². The highest BCUT2D eigenvalue weighted by Gasteiger charge is 2.19. The fourth-order valence-electron chi connectivity index (χ4n) is 2.22. The zero-order chi connectivity index (χ0) is 13.0. The Morgan fingerprint density at radius 3 is 3.11 bits per heavy atom. The number of nitrogens with zero attached hydrogens (tertiary/aromatic N) is 3. The molecule has 0 bridgehead atoms. The second kappa shape index (κ2) is 6.20. The number of aromatic nitrogens is 2. The summed E-state index contributed by atoms with van der Waals surface area (Å²) >= 11 is 5.75. The molecule has 0 saturated carbocycles. The number of aryl methyl sites for hydroxylation is 1. The highest BCUT2D eigenvalue weighted by molar-refractivity contribution is 6.30. The third-order valence-corrected chi connectivity index (χ3v) is 3.44. The maximum atomic E-state index is 11.7. The van der Waals surface area contributed by atoms with Crippen LogP contribution in [0.25, 0.3) is 0 Å². The van der Waals surface area contributed by atoms with Crippen LogP contribution in [-0.2, 0) is 11.3 Å². The largest absolute Gasteiger partial charge is 0.356 e. The maximum absolute atomic E-state index is 11.7. The lowest BCUT2D eigenvalue weighted by Gasteiger charge is -2.11. The summed E-state index contributed by atoms with van der Waals surface area (Å²) in [6, 6.07) is 0. The predicted octanol–water partition coefficient (Wildman–Crippen LogP) is 0.994. The van der Waals surface area contributed by atoms with Gasteiger partial charge in [-0.2, -0.15) is 5.10 Å². The first-order valence-corrected chi connectivity index (χ1v) is 6.64. The lowest BCUT2D eigenvalue weighted by molar-refractivity contribution is -0.121. The van der Waals surface area contributed by atoms with E-state index in [9.17, 15) is 4.79 Å². The van der Waals surface area contributed by atoms with Gasteiger partial charge < -0.3 is 10.2 Å². The first-order valence-electron chi connectivity index (χ1n) is 6.26. The molecule has 1 amide bonds. The molecule has 0 aromatic carbocycles. The van der Waals surface area contributed by atoms with E-state index in [1.54, 1.807) is 17.1 Å². The molecule has 5 nitrogen and oxygen atoms in total. The zero-order valence-corrected chi connectivity index (χ0v) is 11.4. The summed E-state index contributed by atoms with van der Waals surface area (Å²) in [5, 5.41) is 7.62. The Morgan fingerprint density at radius 2 is 2.50 bits per heavy atom. The molecule has 2 rings (SSSR count). The van der Waals surface area contributed by atoms with Crippen molar-refractivity contribution in [2.75, 3.05) is 26.7 Å². The third kappa shape index (κ3) is 3.99. The molecule has 1 fully saturated rings. The smallest absolute Gasteiger partial charge is 0.221 e. The van der Waals surface area contributed by atoms with Crippen LogP contribution >= 0.6 is 11.6 Å². The standard InChI is InChI=1S/C12H19ClN4O/c1-16-4-2-10(8-16)6-14-12(18)3-5-17-9-11(13)7-15-17/h7,9-10H,2-6,8H2,1H3,(H,14,18)/t10-/m1/s1. The van der Waals surface area contributed by atoms with E-state index in [1.165, 1.54) is 6.42 Å². The number of carbonyl (C=O) groups is 1. The van der Waals surface area contributed by atoms with Gasteiger partial charge in [0.25, 0.3) is 0 Å². The quantitative estimate of drug-likeness (QED) is 0.868. The number of rotatable bonds is 5. The molecule has 1 saturated heterocycles. The van der Waals surface area contributed by atoms with Crippen LogP contribution in [0.3, 0.4) is 0 Å². The van der Waals surface area contributed by atoms with E-state index in [-0.39, 0.29) is 5.91 Å². The molecule has 0 unspecified atom stereocenters. The molecule has 1 aliphatic heterocycles. The third-order valence-electron chi connectivity index (χ3n) is 3.25. The number of likely N-dealkylation sites (tertiary alicyclic amines) is 1. The van der Waals surface area contributed by atoms with E-state index in [2.05, 4.69) is 22.4 Å². The Kier molecular flexibility index (Phi) is 4.60. The number of hydrogen-bond donors (Lipinski definition) is 1. The minimum absolute atomic E-state index is 0.0798. The summed E-state index contributed by atoms with van der Waals surface area (Å²) in [6.07, 6.45) is 4.92. The van der Waals surface area contributed by atoms with Crippen LogP contribution in [-0.4, -0.2) is 47.3 Å². The summed E-state index contributed by atoms with van der Waals surface area (Å²) in [5.74, 6) is 0.675. The molecule has 1 aromatic heterocycles.